The lowest BCUT2D eigenvalue weighted by Gasteiger charge is -2.32. The highest BCUT2D eigenvalue weighted by Gasteiger charge is 2.26. The van der Waals surface area contributed by atoms with Gasteiger partial charge in [-0.25, -0.2) is 13.6 Å². The van der Waals surface area contributed by atoms with Crippen LogP contribution in [0.3, 0.4) is 0 Å². The first-order valence-electron chi connectivity index (χ1n) is 6.42. The van der Waals surface area contributed by atoms with E-state index in [1.165, 1.54) is 24.6 Å². The molecule has 0 heterocycles. The predicted molar refractivity (Wildman–Crippen MR) is 79.8 cm³/mol. The number of nitrogens with one attached hydrogen (secondary N) is 1. The molecule has 5 nitrogen and oxygen atoms in total. The number of amides is 1. The highest BCUT2D eigenvalue weighted by molar-refractivity contribution is 9.10. The van der Waals surface area contributed by atoms with Gasteiger partial charge in [-0.05, 0) is 59.8 Å². The van der Waals surface area contributed by atoms with E-state index in [9.17, 15) is 13.2 Å². The normalized spacial score (nSPS) is 17.4. The first kappa shape index (κ1) is 15.5. The first-order chi connectivity index (χ1) is 9.29. The van der Waals surface area contributed by atoms with E-state index in [0.717, 1.165) is 12.8 Å². The zero-order chi connectivity index (χ0) is 14.9. The molecule has 2 rings (SSSR count). The third-order valence-electron chi connectivity index (χ3n) is 3.73. The van der Waals surface area contributed by atoms with Crippen molar-refractivity contribution in [2.24, 2.45) is 11.1 Å². The van der Waals surface area contributed by atoms with E-state index in [0.29, 0.717) is 10.4 Å². The van der Waals surface area contributed by atoms with Crippen LogP contribution in [0.15, 0.2) is 27.6 Å². The molecule has 1 aliphatic rings. The average Bonchev–Trinajstić information content (AvgIpc) is 2.24. The molecule has 1 aromatic rings. The van der Waals surface area contributed by atoms with Crippen LogP contribution in [-0.4, -0.2) is 20.4 Å². The van der Waals surface area contributed by atoms with Gasteiger partial charge in [0.2, 0.25) is 10.0 Å². The Morgan fingerprint density at radius 2 is 2.10 bits per heavy atom. The van der Waals surface area contributed by atoms with Crippen LogP contribution >= 0.6 is 15.9 Å². The van der Waals surface area contributed by atoms with Crippen LogP contribution in [0, 0.1) is 5.92 Å². The Balaban J connectivity index is 2.20. The number of hydrogen-bond acceptors (Lipinski definition) is 3. The molecule has 1 fully saturated rings. The van der Waals surface area contributed by atoms with Crippen LogP contribution in [-0.2, 0) is 10.0 Å². The van der Waals surface area contributed by atoms with Crippen molar-refractivity contribution in [2.75, 3.05) is 0 Å². The number of sulfonamides is 1. The standard InChI is InChI=1S/C13H17BrN2O3S/c1-8(9-3-2-4-9)16-13(17)11-7-10(20(15,18)19)5-6-12(11)14/h5-9H,2-4H2,1H3,(H,16,17)(H2,15,18,19). The average molecular weight is 361 g/mol. The number of carbonyl (C=O) groups is 1. The Morgan fingerprint density at radius 3 is 2.60 bits per heavy atom. The fourth-order valence-electron chi connectivity index (χ4n) is 2.20. The van der Waals surface area contributed by atoms with Gasteiger partial charge in [0.1, 0.15) is 0 Å². The molecule has 0 aromatic heterocycles. The maximum atomic E-state index is 12.2. The van der Waals surface area contributed by atoms with Crippen LogP contribution in [0.1, 0.15) is 36.5 Å². The molecular formula is C13H17BrN2O3S. The van der Waals surface area contributed by atoms with Gasteiger partial charge in [-0.1, -0.05) is 6.42 Å². The molecular weight excluding hydrogens is 344 g/mol. The summed E-state index contributed by atoms with van der Waals surface area (Å²) in [6.45, 7) is 1.97. The molecule has 3 N–H and O–H groups in total. The lowest BCUT2D eigenvalue weighted by molar-refractivity contribution is 0.0908. The second-order valence-electron chi connectivity index (χ2n) is 5.14. The molecule has 0 saturated heterocycles. The van der Waals surface area contributed by atoms with Crippen molar-refractivity contribution in [1.29, 1.82) is 0 Å². The number of rotatable bonds is 4. The Morgan fingerprint density at radius 1 is 1.45 bits per heavy atom. The van der Waals surface area contributed by atoms with Gasteiger partial charge in [-0.2, -0.15) is 0 Å². The van der Waals surface area contributed by atoms with E-state index >= 15 is 0 Å². The third kappa shape index (κ3) is 3.39. The highest BCUT2D eigenvalue weighted by atomic mass is 79.9. The van der Waals surface area contributed by atoms with Gasteiger partial charge in [-0.3, -0.25) is 4.79 Å². The van der Waals surface area contributed by atoms with E-state index in [1.54, 1.807) is 0 Å². The lowest BCUT2D eigenvalue weighted by atomic mass is 9.80. The summed E-state index contributed by atoms with van der Waals surface area (Å²) >= 11 is 3.26. The second-order valence-corrected chi connectivity index (χ2v) is 7.56. The molecule has 0 radical (unpaired) electrons. The topological polar surface area (TPSA) is 89.3 Å². The zero-order valence-electron chi connectivity index (χ0n) is 11.1. The van der Waals surface area contributed by atoms with Crippen LogP contribution in [0.2, 0.25) is 0 Å². The molecule has 1 atom stereocenters. The SMILES string of the molecule is CC(NC(=O)c1cc(S(N)(=O)=O)ccc1Br)C1CCC1. The van der Waals surface area contributed by atoms with Crippen LogP contribution in [0.5, 0.6) is 0 Å². The van der Waals surface area contributed by atoms with Gasteiger partial charge in [0, 0.05) is 10.5 Å². The lowest BCUT2D eigenvalue weighted by Crippen LogP contribution is -2.40. The van der Waals surface area contributed by atoms with E-state index in [1.807, 2.05) is 6.92 Å². The van der Waals surface area contributed by atoms with E-state index in [-0.39, 0.29) is 22.4 Å². The number of primary sulfonamides is 1. The van der Waals surface area contributed by atoms with Gasteiger partial charge in [0.05, 0.1) is 10.5 Å². The summed E-state index contributed by atoms with van der Waals surface area (Å²) in [5.74, 6) is 0.223. The molecule has 1 aromatic carbocycles. The van der Waals surface area contributed by atoms with Crippen LogP contribution in [0.4, 0.5) is 0 Å². The van der Waals surface area contributed by atoms with E-state index < -0.39 is 10.0 Å². The van der Waals surface area contributed by atoms with E-state index in [2.05, 4.69) is 21.2 Å². The molecule has 1 amide bonds. The van der Waals surface area contributed by atoms with E-state index in [4.69, 9.17) is 5.14 Å². The number of halogens is 1. The Kier molecular flexibility index (Phi) is 4.51. The summed E-state index contributed by atoms with van der Waals surface area (Å²) in [6, 6.07) is 4.26. The van der Waals surface area contributed by atoms with Crippen molar-refractivity contribution < 1.29 is 13.2 Å². The summed E-state index contributed by atoms with van der Waals surface area (Å²) in [6.07, 6.45) is 3.45. The zero-order valence-corrected chi connectivity index (χ0v) is 13.5. The largest absolute Gasteiger partial charge is 0.349 e. The molecule has 0 aliphatic heterocycles. The summed E-state index contributed by atoms with van der Waals surface area (Å²) in [5, 5.41) is 7.99. The molecule has 0 bridgehead atoms. The summed E-state index contributed by atoms with van der Waals surface area (Å²) < 4.78 is 23.2. The summed E-state index contributed by atoms with van der Waals surface area (Å²) in [7, 11) is -3.81. The van der Waals surface area contributed by atoms with Crippen molar-refractivity contribution in [2.45, 2.75) is 37.1 Å². The van der Waals surface area contributed by atoms with Gasteiger partial charge < -0.3 is 5.32 Å². The molecule has 1 aliphatic carbocycles. The van der Waals surface area contributed by atoms with Gasteiger partial charge in [0.15, 0.2) is 0 Å². The first-order valence-corrected chi connectivity index (χ1v) is 8.76. The number of hydrogen-bond donors (Lipinski definition) is 2. The van der Waals surface area contributed by atoms with Crippen molar-refractivity contribution in [3.8, 4) is 0 Å². The molecule has 0 spiro atoms. The molecule has 20 heavy (non-hydrogen) atoms. The number of benzene rings is 1. The van der Waals surface area contributed by atoms with Crippen LogP contribution in [0.25, 0.3) is 0 Å². The number of carbonyl (C=O) groups excluding carboxylic acids is 1. The Bertz CT molecular complexity index is 627. The Labute approximate surface area is 127 Å². The Hall–Kier alpha value is -0.920. The monoisotopic (exact) mass is 360 g/mol. The maximum absolute atomic E-state index is 12.2. The molecule has 7 heteroatoms. The quantitative estimate of drug-likeness (QED) is 0.860. The van der Waals surface area contributed by atoms with Gasteiger partial charge in [-0.15, -0.1) is 0 Å². The minimum Gasteiger partial charge on any atom is -0.349 e. The molecule has 1 unspecified atom stereocenters. The van der Waals surface area contributed by atoms with Crippen molar-refractivity contribution in [3.05, 3.63) is 28.2 Å². The van der Waals surface area contributed by atoms with Gasteiger partial charge in [0.25, 0.3) is 5.91 Å². The van der Waals surface area contributed by atoms with Crippen molar-refractivity contribution in [1.82, 2.24) is 5.32 Å². The van der Waals surface area contributed by atoms with Crippen molar-refractivity contribution >= 4 is 31.9 Å². The van der Waals surface area contributed by atoms with Crippen molar-refractivity contribution in [3.63, 3.8) is 0 Å². The highest BCUT2D eigenvalue weighted by Crippen LogP contribution is 2.29. The minimum atomic E-state index is -3.81. The summed E-state index contributed by atoms with van der Waals surface area (Å²) in [4.78, 5) is 12.2. The van der Waals surface area contributed by atoms with Crippen LogP contribution < -0.4 is 10.5 Å². The van der Waals surface area contributed by atoms with Gasteiger partial charge >= 0.3 is 0 Å². The summed E-state index contributed by atoms with van der Waals surface area (Å²) in [5.41, 5.74) is 0.280. The smallest absolute Gasteiger partial charge is 0.252 e. The maximum Gasteiger partial charge on any atom is 0.252 e. The predicted octanol–water partition coefficient (Wildman–Crippen LogP) is 2.01. The second kappa shape index (κ2) is 5.83. The third-order valence-corrected chi connectivity index (χ3v) is 5.33. The number of nitrogens with two attached hydrogens (primary N) is 1. The fraction of sp³-hybridized carbons (Fsp3) is 0.462. The minimum absolute atomic E-state index is 0.0675. The fourth-order valence-corrected chi connectivity index (χ4v) is 3.16. The molecule has 1 saturated carbocycles. The molecule has 110 valence electrons.